The molecule has 2 aromatic carbocycles. The number of piperidine rings is 2. The number of hydrogen-bond donors (Lipinski definition) is 1. The molecular weight excluding hydrogens is 336 g/mol. The maximum Gasteiger partial charge on any atom is 0.253 e. The average Bonchev–Trinajstić information content (AvgIpc) is 2.75. The Morgan fingerprint density at radius 3 is 2.15 bits per heavy atom. The van der Waals surface area contributed by atoms with Gasteiger partial charge in [-0.15, -0.1) is 0 Å². The summed E-state index contributed by atoms with van der Waals surface area (Å²) in [6, 6.07) is 20.2. The van der Waals surface area contributed by atoms with Crippen LogP contribution in [0.25, 0.3) is 0 Å². The molecule has 2 atom stereocenters. The lowest BCUT2D eigenvalue weighted by atomic mass is 9.88. The highest BCUT2D eigenvalue weighted by molar-refractivity contribution is 5.94. The number of rotatable bonds is 3. The first kappa shape index (κ1) is 18.2. The molecule has 0 aliphatic carbocycles. The van der Waals surface area contributed by atoms with Crippen LogP contribution in [-0.4, -0.2) is 59.1 Å². The summed E-state index contributed by atoms with van der Waals surface area (Å²) < 4.78 is 0. The van der Waals surface area contributed by atoms with Gasteiger partial charge in [0.15, 0.2) is 0 Å². The highest BCUT2D eigenvalue weighted by atomic mass is 16.3. The SMILES string of the molecule is O=C(c1ccccc1)N1CC[C@@H](O)[C@H](N2CCC(c3ccccc3)CC2)C1. The fraction of sp³-hybridized carbons (Fsp3) is 0.435. The normalized spacial score (nSPS) is 24.7. The minimum absolute atomic E-state index is 0.0446. The molecule has 2 saturated heterocycles. The molecule has 0 aromatic heterocycles. The molecule has 2 aliphatic heterocycles. The second-order valence-corrected chi connectivity index (χ2v) is 7.76. The minimum Gasteiger partial charge on any atom is -0.391 e. The van der Waals surface area contributed by atoms with Gasteiger partial charge in [-0.25, -0.2) is 0 Å². The molecule has 2 heterocycles. The molecule has 0 radical (unpaired) electrons. The maximum absolute atomic E-state index is 12.8. The van der Waals surface area contributed by atoms with Crippen LogP contribution in [0.3, 0.4) is 0 Å². The number of amides is 1. The van der Waals surface area contributed by atoms with E-state index in [0.29, 0.717) is 25.4 Å². The standard InChI is InChI=1S/C23H28N2O2/c26-22-13-16-25(23(27)20-9-5-2-6-10-20)17-21(22)24-14-11-19(12-15-24)18-7-3-1-4-8-18/h1-10,19,21-22,26H,11-17H2/t21-,22-/m1/s1. The molecule has 0 unspecified atom stereocenters. The lowest BCUT2D eigenvalue weighted by Crippen LogP contribution is -2.57. The van der Waals surface area contributed by atoms with Crippen molar-refractivity contribution in [2.24, 2.45) is 0 Å². The highest BCUT2D eigenvalue weighted by Crippen LogP contribution is 2.30. The van der Waals surface area contributed by atoms with Crippen LogP contribution in [0.2, 0.25) is 0 Å². The van der Waals surface area contributed by atoms with Gasteiger partial charge in [-0.2, -0.15) is 0 Å². The number of aliphatic hydroxyl groups is 1. The van der Waals surface area contributed by atoms with Crippen LogP contribution in [0.5, 0.6) is 0 Å². The van der Waals surface area contributed by atoms with Crippen molar-refractivity contribution in [3.8, 4) is 0 Å². The summed E-state index contributed by atoms with van der Waals surface area (Å²) in [5.41, 5.74) is 2.15. The van der Waals surface area contributed by atoms with E-state index >= 15 is 0 Å². The number of carbonyl (C=O) groups excluding carboxylic acids is 1. The van der Waals surface area contributed by atoms with E-state index in [1.807, 2.05) is 35.2 Å². The molecule has 4 heteroatoms. The average molecular weight is 364 g/mol. The van der Waals surface area contributed by atoms with E-state index in [4.69, 9.17) is 0 Å². The van der Waals surface area contributed by atoms with E-state index in [1.54, 1.807) is 0 Å². The maximum atomic E-state index is 12.8. The van der Waals surface area contributed by atoms with E-state index < -0.39 is 0 Å². The monoisotopic (exact) mass is 364 g/mol. The first-order valence-electron chi connectivity index (χ1n) is 10.0. The number of carbonyl (C=O) groups is 1. The van der Waals surface area contributed by atoms with Gasteiger partial charge in [0.1, 0.15) is 0 Å². The second kappa shape index (κ2) is 8.24. The molecule has 142 valence electrons. The van der Waals surface area contributed by atoms with Crippen molar-refractivity contribution >= 4 is 5.91 Å². The van der Waals surface area contributed by atoms with Crippen molar-refractivity contribution < 1.29 is 9.90 Å². The Labute approximate surface area is 161 Å². The molecule has 0 saturated carbocycles. The first-order valence-corrected chi connectivity index (χ1v) is 10.0. The van der Waals surface area contributed by atoms with Crippen molar-refractivity contribution in [1.82, 2.24) is 9.80 Å². The molecule has 0 bridgehead atoms. The summed E-state index contributed by atoms with van der Waals surface area (Å²) in [7, 11) is 0. The van der Waals surface area contributed by atoms with Gasteiger partial charge in [-0.05, 0) is 56.0 Å². The fourth-order valence-corrected chi connectivity index (χ4v) is 4.52. The van der Waals surface area contributed by atoms with E-state index in [9.17, 15) is 9.90 Å². The van der Waals surface area contributed by atoms with Gasteiger partial charge in [0.05, 0.1) is 12.1 Å². The second-order valence-electron chi connectivity index (χ2n) is 7.76. The van der Waals surface area contributed by atoms with Gasteiger partial charge in [-0.1, -0.05) is 48.5 Å². The third-order valence-corrected chi connectivity index (χ3v) is 6.12. The lowest BCUT2D eigenvalue weighted by molar-refractivity contribution is -0.0154. The van der Waals surface area contributed by atoms with Crippen molar-refractivity contribution in [2.75, 3.05) is 26.2 Å². The predicted octanol–water partition coefficient (Wildman–Crippen LogP) is 3.14. The number of likely N-dealkylation sites (tertiary alicyclic amines) is 2. The quantitative estimate of drug-likeness (QED) is 0.910. The van der Waals surface area contributed by atoms with Crippen LogP contribution in [0.4, 0.5) is 0 Å². The van der Waals surface area contributed by atoms with E-state index in [2.05, 4.69) is 35.2 Å². The topological polar surface area (TPSA) is 43.8 Å². The Bertz CT molecular complexity index is 741. The van der Waals surface area contributed by atoms with Gasteiger partial charge in [-0.3, -0.25) is 9.69 Å². The molecule has 2 aliphatic rings. The highest BCUT2D eigenvalue weighted by Gasteiger charge is 2.36. The van der Waals surface area contributed by atoms with Crippen molar-refractivity contribution in [1.29, 1.82) is 0 Å². The van der Waals surface area contributed by atoms with Crippen LogP contribution < -0.4 is 0 Å². The zero-order chi connectivity index (χ0) is 18.6. The number of hydrogen-bond acceptors (Lipinski definition) is 3. The Morgan fingerprint density at radius 1 is 0.852 bits per heavy atom. The van der Waals surface area contributed by atoms with Crippen LogP contribution in [0.15, 0.2) is 60.7 Å². The van der Waals surface area contributed by atoms with Crippen LogP contribution >= 0.6 is 0 Å². The van der Waals surface area contributed by atoms with Crippen LogP contribution in [0, 0.1) is 0 Å². The van der Waals surface area contributed by atoms with Crippen LogP contribution in [0.1, 0.15) is 41.1 Å². The molecule has 4 nitrogen and oxygen atoms in total. The molecule has 2 fully saturated rings. The fourth-order valence-electron chi connectivity index (χ4n) is 4.52. The molecule has 2 aromatic rings. The summed E-state index contributed by atoms with van der Waals surface area (Å²) in [4.78, 5) is 17.1. The van der Waals surface area contributed by atoms with Crippen molar-refractivity contribution in [3.05, 3.63) is 71.8 Å². The Kier molecular flexibility index (Phi) is 5.55. The minimum atomic E-state index is -0.349. The van der Waals surface area contributed by atoms with E-state index in [-0.39, 0.29) is 18.1 Å². The first-order chi connectivity index (χ1) is 13.2. The zero-order valence-corrected chi connectivity index (χ0v) is 15.7. The number of aliphatic hydroxyl groups excluding tert-OH is 1. The molecule has 0 spiro atoms. The molecule has 1 N–H and O–H groups in total. The summed E-state index contributed by atoms with van der Waals surface area (Å²) >= 11 is 0. The molecule has 1 amide bonds. The molecule has 4 rings (SSSR count). The smallest absolute Gasteiger partial charge is 0.253 e. The Morgan fingerprint density at radius 2 is 1.48 bits per heavy atom. The predicted molar refractivity (Wildman–Crippen MR) is 107 cm³/mol. The van der Waals surface area contributed by atoms with Crippen LogP contribution in [-0.2, 0) is 0 Å². The largest absolute Gasteiger partial charge is 0.391 e. The van der Waals surface area contributed by atoms with E-state index in [0.717, 1.165) is 31.5 Å². The number of benzene rings is 2. The Balaban J connectivity index is 1.39. The zero-order valence-electron chi connectivity index (χ0n) is 15.7. The lowest BCUT2D eigenvalue weighted by Gasteiger charge is -2.44. The van der Waals surface area contributed by atoms with Crippen molar-refractivity contribution in [2.45, 2.75) is 37.3 Å². The van der Waals surface area contributed by atoms with Gasteiger partial charge in [0.25, 0.3) is 5.91 Å². The van der Waals surface area contributed by atoms with E-state index in [1.165, 1.54) is 5.56 Å². The third-order valence-electron chi connectivity index (χ3n) is 6.12. The number of nitrogens with zero attached hydrogens (tertiary/aromatic N) is 2. The third kappa shape index (κ3) is 4.07. The van der Waals surface area contributed by atoms with Gasteiger partial charge in [0, 0.05) is 18.7 Å². The van der Waals surface area contributed by atoms with Crippen molar-refractivity contribution in [3.63, 3.8) is 0 Å². The summed E-state index contributed by atoms with van der Waals surface area (Å²) in [6.45, 7) is 3.21. The molecule has 27 heavy (non-hydrogen) atoms. The Hall–Kier alpha value is -2.17. The summed E-state index contributed by atoms with van der Waals surface area (Å²) in [6.07, 6.45) is 2.53. The van der Waals surface area contributed by atoms with Gasteiger partial charge < -0.3 is 10.0 Å². The van der Waals surface area contributed by atoms with Gasteiger partial charge >= 0.3 is 0 Å². The molecular formula is C23H28N2O2. The van der Waals surface area contributed by atoms with Gasteiger partial charge in [0.2, 0.25) is 0 Å². The summed E-state index contributed by atoms with van der Waals surface area (Å²) in [5, 5.41) is 10.6. The summed E-state index contributed by atoms with van der Waals surface area (Å²) in [5.74, 6) is 0.678.